The number of rotatable bonds is 7. The van der Waals surface area contributed by atoms with Gasteiger partial charge in [0.1, 0.15) is 0 Å². The number of aryl methyl sites for hydroxylation is 1. The van der Waals surface area contributed by atoms with Gasteiger partial charge in [0.25, 0.3) is 0 Å². The quantitative estimate of drug-likeness (QED) is 0.563. The number of hydrogen-bond donors (Lipinski definition) is 0. The van der Waals surface area contributed by atoms with E-state index in [1.807, 2.05) is 0 Å². The SMILES string of the molecule is CCCCc1cc(I)c(CCC)n1Cc1ccccc1. The largest absolute Gasteiger partial charge is 0.343 e. The molecule has 0 radical (unpaired) electrons. The summed E-state index contributed by atoms with van der Waals surface area (Å²) in [4.78, 5) is 0. The zero-order valence-electron chi connectivity index (χ0n) is 12.5. The summed E-state index contributed by atoms with van der Waals surface area (Å²) in [5.74, 6) is 0. The number of hydrogen-bond acceptors (Lipinski definition) is 0. The number of aromatic nitrogens is 1. The first-order valence-electron chi connectivity index (χ1n) is 7.67. The fourth-order valence-electron chi connectivity index (χ4n) is 2.63. The van der Waals surface area contributed by atoms with Gasteiger partial charge in [0, 0.05) is 21.5 Å². The van der Waals surface area contributed by atoms with Crippen molar-refractivity contribution in [2.45, 2.75) is 52.5 Å². The van der Waals surface area contributed by atoms with E-state index in [9.17, 15) is 0 Å². The maximum atomic E-state index is 2.55. The van der Waals surface area contributed by atoms with Crippen LogP contribution in [-0.4, -0.2) is 4.57 Å². The van der Waals surface area contributed by atoms with Crippen LogP contribution in [0.2, 0.25) is 0 Å². The third-order valence-corrected chi connectivity index (χ3v) is 4.63. The van der Waals surface area contributed by atoms with Crippen molar-refractivity contribution < 1.29 is 0 Å². The van der Waals surface area contributed by atoms with E-state index in [0.29, 0.717) is 0 Å². The lowest BCUT2D eigenvalue weighted by Gasteiger charge is -2.14. The number of halogens is 1. The average Bonchev–Trinajstić information content (AvgIpc) is 2.75. The third-order valence-electron chi connectivity index (χ3n) is 3.70. The minimum atomic E-state index is 1.01. The molecule has 0 aliphatic rings. The summed E-state index contributed by atoms with van der Waals surface area (Å²) in [5, 5.41) is 0. The molecule has 0 saturated carbocycles. The molecule has 0 amide bonds. The van der Waals surface area contributed by atoms with E-state index >= 15 is 0 Å². The van der Waals surface area contributed by atoms with Crippen LogP contribution in [-0.2, 0) is 19.4 Å². The molecule has 1 heterocycles. The molecule has 1 aromatic heterocycles. The van der Waals surface area contributed by atoms with Gasteiger partial charge in [0.05, 0.1) is 0 Å². The Kier molecular flexibility index (Phi) is 6.14. The van der Waals surface area contributed by atoms with E-state index in [4.69, 9.17) is 0 Å². The fraction of sp³-hybridized carbons (Fsp3) is 0.444. The van der Waals surface area contributed by atoms with Crippen molar-refractivity contribution in [3.05, 3.63) is 56.9 Å². The Labute approximate surface area is 136 Å². The molecule has 1 aromatic carbocycles. The molecule has 2 rings (SSSR count). The average molecular weight is 381 g/mol. The van der Waals surface area contributed by atoms with Crippen LogP contribution in [0.5, 0.6) is 0 Å². The molecule has 0 aliphatic carbocycles. The lowest BCUT2D eigenvalue weighted by atomic mass is 10.2. The van der Waals surface area contributed by atoms with Gasteiger partial charge in [0.2, 0.25) is 0 Å². The molecule has 0 aliphatic heterocycles. The standard InChI is InChI=1S/C18H24IN/c1-3-5-12-16-13-17(19)18(9-4-2)20(16)14-15-10-7-6-8-11-15/h6-8,10-11,13H,3-5,9,12,14H2,1-2H3. The molecule has 0 saturated heterocycles. The van der Waals surface area contributed by atoms with Crippen LogP contribution in [0.4, 0.5) is 0 Å². The molecule has 0 bridgehead atoms. The van der Waals surface area contributed by atoms with Crippen LogP contribution < -0.4 is 0 Å². The topological polar surface area (TPSA) is 4.93 Å². The van der Waals surface area contributed by atoms with Crippen molar-refractivity contribution in [1.29, 1.82) is 0 Å². The van der Waals surface area contributed by atoms with Crippen LogP contribution in [0, 0.1) is 3.57 Å². The molecule has 108 valence electrons. The van der Waals surface area contributed by atoms with Gasteiger partial charge in [0.15, 0.2) is 0 Å². The molecule has 0 fully saturated rings. The van der Waals surface area contributed by atoms with Crippen molar-refractivity contribution in [2.24, 2.45) is 0 Å². The molecule has 0 unspecified atom stereocenters. The first kappa shape index (κ1) is 15.6. The molecular formula is C18H24IN. The van der Waals surface area contributed by atoms with Crippen LogP contribution >= 0.6 is 22.6 Å². The molecule has 1 nitrogen and oxygen atoms in total. The summed E-state index contributed by atoms with van der Waals surface area (Å²) < 4.78 is 3.99. The zero-order valence-corrected chi connectivity index (χ0v) is 14.7. The molecule has 2 heteroatoms. The van der Waals surface area contributed by atoms with Crippen LogP contribution in [0.1, 0.15) is 50.1 Å². The number of nitrogens with zero attached hydrogens (tertiary/aromatic N) is 1. The van der Waals surface area contributed by atoms with E-state index in [1.54, 1.807) is 0 Å². The van der Waals surface area contributed by atoms with E-state index in [0.717, 1.165) is 6.54 Å². The lowest BCUT2D eigenvalue weighted by molar-refractivity contribution is 0.661. The van der Waals surface area contributed by atoms with Crippen molar-refractivity contribution in [3.63, 3.8) is 0 Å². The summed E-state index contributed by atoms with van der Waals surface area (Å²) >= 11 is 2.50. The second-order valence-corrected chi connectivity index (χ2v) is 6.52. The second kappa shape index (κ2) is 7.87. The van der Waals surface area contributed by atoms with E-state index in [-0.39, 0.29) is 0 Å². The summed E-state index contributed by atoms with van der Waals surface area (Å²) in [6.07, 6.45) is 6.12. The maximum Gasteiger partial charge on any atom is 0.0475 e. The monoisotopic (exact) mass is 381 g/mol. The molecule has 20 heavy (non-hydrogen) atoms. The summed E-state index contributed by atoms with van der Waals surface area (Å²) in [6, 6.07) is 13.2. The number of benzene rings is 1. The minimum absolute atomic E-state index is 1.01. The van der Waals surface area contributed by atoms with Gasteiger partial charge >= 0.3 is 0 Å². The maximum absolute atomic E-state index is 2.55. The van der Waals surface area contributed by atoms with Crippen molar-refractivity contribution in [1.82, 2.24) is 4.57 Å². The fourth-order valence-corrected chi connectivity index (χ4v) is 3.55. The predicted octanol–water partition coefficient (Wildman–Crippen LogP) is 5.44. The Morgan fingerprint density at radius 2 is 1.75 bits per heavy atom. The van der Waals surface area contributed by atoms with Gasteiger partial charge in [-0.15, -0.1) is 0 Å². The molecule has 0 atom stereocenters. The third kappa shape index (κ3) is 3.87. The minimum Gasteiger partial charge on any atom is -0.343 e. The molecule has 2 aromatic rings. The van der Waals surface area contributed by atoms with Gasteiger partial charge in [-0.1, -0.05) is 57.0 Å². The highest BCUT2D eigenvalue weighted by atomic mass is 127. The van der Waals surface area contributed by atoms with Crippen molar-refractivity contribution in [3.8, 4) is 0 Å². The second-order valence-electron chi connectivity index (χ2n) is 5.36. The first-order valence-corrected chi connectivity index (χ1v) is 8.74. The van der Waals surface area contributed by atoms with E-state index < -0.39 is 0 Å². The normalized spacial score (nSPS) is 10.9. The smallest absolute Gasteiger partial charge is 0.0475 e. The zero-order chi connectivity index (χ0) is 14.4. The van der Waals surface area contributed by atoms with E-state index in [1.165, 1.54) is 52.6 Å². The first-order chi connectivity index (χ1) is 9.76. The van der Waals surface area contributed by atoms with Crippen molar-refractivity contribution >= 4 is 22.6 Å². The van der Waals surface area contributed by atoms with Crippen LogP contribution in [0.25, 0.3) is 0 Å². The Balaban J connectivity index is 2.31. The summed E-state index contributed by atoms with van der Waals surface area (Å²) in [7, 11) is 0. The summed E-state index contributed by atoms with van der Waals surface area (Å²) in [6.45, 7) is 5.54. The Morgan fingerprint density at radius 1 is 1.00 bits per heavy atom. The highest BCUT2D eigenvalue weighted by Crippen LogP contribution is 2.23. The number of unbranched alkanes of at least 4 members (excludes halogenated alkanes) is 1. The van der Waals surface area contributed by atoms with Crippen molar-refractivity contribution in [2.75, 3.05) is 0 Å². The predicted molar refractivity (Wildman–Crippen MR) is 95.3 cm³/mol. The molecular weight excluding hydrogens is 357 g/mol. The van der Waals surface area contributed by atoms with E-state index in [2.05, 4.69) is 77.4 Å². The molecule has 0 spiro atoms. The van der Waals surface area contributed by atoms with Crippen LogP contribution in [0.3, 0.4) is 0 Å². The Morgan fingerprint density at radius 3 is 2.40 bits per heavy atom. The van der Waals surface area contributed by atoms with Gasteiger partial charge in [-0.05, 0) is 53.5 Å². The van der Waals surface area contributed by atoms with Gasteiger partial charge in [-0.3, -0.25) is 0 Å². The van der Waals surface area contributed by atoms with Gasteiger partial charge < -0.3 is 4.57 Å². The highest BCUT2D eigenvalue weighted by Gasteiger charge is 2.12. The highest BCUT2D eigenvalue weighted by molar-refractivity contribution is 14.1. The summed E-state index contributed by atoms with van der Waals surface area (Å²) in [5.41, 5.74) is 4.42. The molecule has 0 N–H and O–H groups in total. The van der Waals surface area contributed by atoms with Gasteiger partial charge in [-0.25, -0.2) is 0 Å². The van der Waals surface area contributed by atoms with Crippen LogP contribution in [0.15, 0.2) is 36.4 Å². The lowest BCUT2D eigenvalue weighted by Crippen LogP contribution is -2.09. The van der Waals surface area contributed by atoms with Gasteiger partial charge in [-0.2, -0.15) is 0 Å². The Hall–Kier alpha value is -0.770. The Bertz CT molecular complexity index is 528.